The molecule has 1 amide bonds. The fourth-order valence-electron chi connectivity index (χ4n) is 3.89. The SMILES string of the molecule is Cc1cc(C)c(CSc2nnc(-c3ccc(NC(=O)C=Cc4ccccc4)cc3)n2C)c(C)c1. The molecule has 5 nitrogen and oxygen atoms in total. The van der Waals surface area contributed by atoms with Crippen LogP contribution in [0.15, 0.2) is 78.0 Å². The van der Waals surface area contributed by atoms with Crippen LogP contribution in [0.2, 0.25) is 0 Å². The smallest absolute Gasteiger partial charge is 0.248 e. The van der Waals surface area contributed by atoms with Crippen LogP contribution < -0.4 is 5.32 Å². The number of carbonyl (C=O) groups excluding carboxylic acids is 1. The van der Waals surface area contributed by atoms with Crippen molar-refractivity contribution in [1.29, 1.82) is 0 Å². The monoisotopic (exact) mass is 468 g/mol. The van der Waals surface area contributed by atoms with Gasteiger partial charge in [-0.25, -0.2) is 0 Å². The molecule has 172 valence electrons. The van der Waals surface area contributed by atoms with Gasteiger partial charge in [0, 0.05) is 30.1 Å². The Morgan fingerprint density at radius 1 is 0.971 bits per heavy atom. The topological polar surface area (TPSA) is 59.8 Å². The molecule has 0 aliphatic carbocycles. The van der Waals surface area contributed by atoms with Gasteiger partial charge in [0.2, 0.25) is 5.91 Å². The van der Waals surface area contributed by atoms with Crippen molar-refractivity contribution < 1.29 is 4.79 Å². The van der Waals surface area contributed by atoms with E-state index in [0.29, 0.717) is 0 Å². The number of thioether (sulfide) groups is 1. The van der Waals surface area contributed by atoms with Crippen molar-refractivity contribution in [2.75, 3.05) is 5.32 Å². The van der Waals surface area contributed by atoms with E-state index in [4.69, 9.17) is 0 Å². The summed E-state index contributed by atoms with van der Waals surface area (Å²) in [6.07, 6.45) is 3.33. The van der Waals surface area contributed by atoms with E-state index in [1.807, 2.05) is 66.2 Å². The van der Waals surface area contributed by atoms with Gasteiger partial charge in [-0.2, -0.15) is 0 Å². The van der Waals surface area contributed by atoms with E-state index in [1.165, 1.54) is 28.3 Å². The van der Waals surface area contributed by atoms with Crippen molar-refractivity contribution in [3.05, 3.63) is 101 Å². The molecule has 0 bridgehead atoms. The van der Waals surface area contributed by atoms with E-state index >= 15 is 0 Å². The summed E-state index contributed by atoms with van der Waals surface area (Å²) >= 11 is 1.69. The third kappa shape index (κ3) is 5.64. The summed E-state index contributed by atoms with van der Waals surface area (Å²) in [7, 11) is 1.98. The Labute approximate surface area is 204 Å². The van der Waals surface area contributed by atoms with Crippen molar-refractivity contribution in [1.82, 2.24) is 14.8 Å². The van der Waals surface area contributed by atoms with Crippen LogP contribution in [0.25, 0.3) is 17.5 Å². The molecule has 0 fully saturated rings. The number of anilines is 1. The largest absolute Gasteiger partial charge is 0.323 e. The first kappa shape index (κ1) is 23.5. The molecule has 34 heavy (non-hydrogen) atoms. The fourth-order valence-corrected chi connectivity index (χ4v) is 5.00. The van der Waals surface area contributed by atoms with Gasteiger partial charge >= 0.3 is 0 Å². The molecule has 0 aliphatic heterocycles. The Bertz CT molecular complexity index is 1300. The summed E-state index contributed by atoms with van der Waals surface area (Å²) in [6.45, 7) is 6.45. The fraction of sp³-hybridized carbons (Fsp3) is 0.179. The molecule has 4 aromatic rings. The van der Waals surface area contributed by atoms with Crippen LogP contribution in [-0.2, 0) is 17.6 Å². The highest BCUT2D eigenvalue weighted by Gasteiger charge is 2.13. The molecule has 0 saturated heterocycles. The number of hydrogen-bond acceptors (Lipinski definition) is 4. The van der Waals surface area contributed by atoms with Crippen molar-refractivity contribution in [3.63, 3.8) is 0 Å². The average Bonchev–Trinajstić information content (AvgIpc) is 3.18. The van der Waals surface area contributed by atoms with E-state index in [9.17, 15) is 4.79 Å². The Hall–Kier alpha value is -3.64. The lowest BCUT2D eigenvalue weighted by molar-refractivity contribution is -0.111. The van der Waals surface area contributed by atoms with E-state index < -0.39 is 0 Å². The second-order valence-electron chi connectivity index (χ2n) is 8.34. The van der Waals surface area contributed by atoms with Crippen molar-refractivity contribution >= 4 is 29.4 Å². The second-order valence-corrected chi connectivity index (χ2v) is 9.28. The second kappa shape index (κ2) is 10.5. The average molecular weight is 469 g/mol. The van der Waals surface area contributed by atoms with E-state index in [1.54, 1.807) is 17.8 Å². The lowest BCUT2D eigenvalue weighted by atomic mass is 10.0. The predicted molar refractivity (Wildman–Crippen MR) is 141 cm³/mol. The minimum atomic E-state index is -0.171. The van der Waals surface area contributed by atoms with E-state index in [-0.39, 0.29) is 5.91 Å². The van der Waals surface area contributed by atoms with Crippen molar-refractivity contribution in [2.24, 2.45) is 7.05 Å². The number of benzene rings is 3. The predicted octanol–water partition coefficient (Wildman–Crippen LogP) is 6.35. The number of aryl methyl sites for hydroxylation is 3. The Morgan fingerprint density at radius 2 is 1.65 bits per heavy atom. The van der Waals surface area contributed by atoms with Gasteiger partial charge in [-0.05, 0) is 73.4 Å². The maximum atomic E-state index is 12.2. The molecule has 0 radical (unpaired) electrons. The highest BCUT2D eigenvalue weighted by atomic mass is 32.2. The Kier molecular flexibility index (Phi) is 7.28. The molecule has 0 atom stereocenters. The molecular weight excluding hydrogens is 440 g/mol. The van der Waals surface area contributed by atoms with Crippen LogP contribution in [0.1, 0.15) is 27.8 Å². The quantitative estimate of drug-likeness (QED) is 0.254. The van der Waals surface area contributed by atoms with E-state index in [2.05, 4.69) is 48.4 Å². The lowest BCUT2D eigenvalue weighted by Crippen LogP contribution is -2.07. The highest BCUT2D eigenvalue weighted by molar-refractivity contribution is 7.98. The number of carbonyl (C=O) groups is 1. The minimum Gasteiger partial charge on any atom is -0.323 e. The van der Waals surface area contributed by atoms with Crippen LogP contribution in [0, 0.1) is 20.8 Å². The number of nitrogens with one attached hydrogen (secondary N) is 1. The standard InChI is InChI=1S/C28H28N4OS/c1-19-16-20(2)25(21(3)17-19)18-34-28-31-30-27(32(28)4)23-11-13-24(14-12-23)29-26(33)15-10-22-8-6-5-7-9-22/h5-17H,18H2,1-4H3,(H,29,33). The molecule has 0 unspecified atom stereocenters. The summed E-state index contributed by atoms with van der Waals surface area (Å²) in [5.41, 5.74) is 7.91. The van der Waals surface area contributed by atoms with Gasteiger partial charge in [0.15, 0.2) is 11.0 Å². The Balaban J connectivity index is 1.40. The Morgan fingerprint density at radius 3 is 2.32 bits per heavy atom. The third-order valence-electron chi connectivity index (χ3n) is 5.66. The number of amides is 1. The van der Waals surface area contributed by atoms with Crippen molar-refractivity contribution in [2.45, 2.75) is 31.7 Å². The summed E-state index contributed by atoms with van der Waals surface area (Å²) < 4.78 is 2.01. The van der Waals surface area contributed by atoms with Crippen molar-refractivity contribution in [3.8, 4) is 11.4 Å². The third-order valence-corrected chi connectivity index (χ3v) is 6.70. The normalized spacial score (nSPS) is 11.2. The van der Waals surface area contributed by atoms with Crippen LogP contribution in [0.5, 0.6) is 0 Å². The van der Waals surface area contributed by atoms with Gasteiger partial charge in [-0.15, -0.1) is 10.2 Å². The number of aromatic nitrogens is 3. The maximum absolute atomic E-state index is 12.2. The van der Waals surface area contributed by atoms with E-state index in [0.717, 1.165) is 33.5 Å². The molecule has 1 heterocycles. The summed E-state index contributed by atoms with van der Waals surface area (Å²) in [4.78, 5) is 12.2. The van der Waals surface area contributed by atoms with Crippen LogP contribution in [0.4, 0.5) is 5.69 Å². The van der Waals surface area contributed by atoms with Gasteiger partial charge in [0.1, 0.15) is 0 Å². The maximum Gasteiger partial charge on any atom is 0.248 e. The molecule has 0 aliphatic rings. The molecule has 4 rings (SSSR count). The van der Waals surface area contributed by atoms with Gasteiger partial charge in [-0.3, -0.25) is 4.79 Å². The number of hydrogen-bond donors (Lipinski definition) is 1. The van der Waals surface area contributed by atoms with Crippen LogP contribution in [0.3, 0.4) is 0 Å². The molecule has 1 N–H and O–H groups in total. The summed E-state index contributed by atoms with van der Waals surface area (Å²) in [6, 6.07) is 21.8. The van der Waals surface area contributed by atoms with Gasteiger partial charge < -0.3 is 9.88 Å². The summed E-state index contributed by atoms with van der Waals surface area (Å²) in [5, 5.41) is 12.6. The zero-order valence-electron chi connectivity index (χ0n) is 19.9. The molecule has 1 aromatic heterocycles. The molecular formula is C28H28N4OS. The molecule has 0 spiro atoms. The van der Waals surface area contributed by atoms with Crippen LogP contribution >= 0.6 is 11.8 Å². The van der Waals surface area contributed by atoms with Gasteiger partial charge in [0.05, 0.1) is 0 Å². The molecule has 3 aromatic carbocycles. The number of nitrogens with zero attached hydrogens (tertiary/aromatic N) is 3. The first-order valence-electron chi connectivity index (χ1n) is 11.1. The lowest BCUT2D eigenvalue weighted by Gasteiger charge is -2.11. The van der Waals surface area contributed by atoms with Gasteiger partial charge in [0.25, 0.3) is 0 Å². The number of rotatable bonds is 7. The molecule has 0 saturated carbocycles. The van der Waals surface area contributed by atoms with Gasteiger partial charge in [-0.1, -0.05) is 59.8 Å². The molecule has 6 heteroatoms. The highest BCUT2D eigenvalue weighted by Crippen LogP contribution is 2.28. The van der Waals surface area contributed by atoms with Crippen LogP contribution in [-0.4, -0.2) is 20.7 Å². The zero-order valence-corrected chi connectivity index (χ0v) is 20.7. The minimum absolute atomic E-state index is 0.171. The first-order valence-corrected chi connectivity index (χ1v) is 12.1. The first-order chi connectivity index (χ1) is 16.4. The summed E-state index contributed by atoms with van der Waals surface area (Å²) in [5.74, 6) is 1.48. The zero-order chi connectivity index (χ0) is 24.1.